The third kappa shape index (κ3) is 4.01. The minimum atomic E-state index is 0.0327. The molecular weight excluding hydrogens is 352 g/mol. The zero-order chi connectivity index (χ0) is 18.6. The number of fused-ring (bicyclic) bond motifs is 1. The summed E-state index contributed by atoms with van der Waals surface area (Å²) in [5, 5.41) is 1.94. The van der Waals surface area contributed by atoms with E-state index in [4.69, 9.17) is 0 Å². The molecule has 2 aromatic carbocycles. The third-order valence-corrected chi connectivity index (χ3v) is 5.69. The van der Waals surface area contributed by atoms with Crippen LogP contribution >= 0.6 is 11.3 Å². The van der Waals surface area contributed by atoms with Gasteiger partial charge in [0.25, 0.3) is 0 Å². The fourth-order valence-corrected chi connectivity index (χ4v) is 4.17. The van der Waals surface area contributed by atoms with Crippen LogP contribution in [0.25, 0.3) is 6.08 Å². The van der Waals surface area contributed by atoms with E-state index in [-0.39, 0.29) is 11.9 Å². The number of nitrogens with zero attached hydrogens (tertiary/aromatic N) is 2. The molecule has 136 valence electrons. The molecule has 0 saturated heterocycles. The van der Waals surface area contributed by atoms with Crippen LogP contribution in [0, 0.1) is 6.92 Å². The van der Waals surface area contributed by atoms with Gasteiger partial charge in [-0.1, -0.05) is 54.1 Å². The highest BCUT2D eigenvalue weighted by atomic mass is 32.1. The van der Waals surface area contributed by atoms with Crippen LogP contribution in [0.15, 0.2) is 65.5 Å². The molecule has 3 nitrogen and oxygen atoms in total. The number of amides is 1. The molecule has 1 aromatic heterocycles. The maximum absolute atomic E-state index is 13.1. The van der Waals surface area contributed by atoms with Gasteiger partial charge in [0.1, 0.15) is 0 Å². The number of hydrogen-bond acceptors (Lipinski definition) is 3. The summed E-state index contributed by atoms with van der Waals surface area (Å²) in [6, 6.07) is 17.0. The predicted octanol–water partition coefficient (Wildman–Crippen LogP) is 5.18. The molecule has 1 unspecified atom stereocenters. The second kappa shape index (κ2) is 7.89. The Hall–Kier alpha value is -2.72. The van der Waals surface area contributed by atoms with Crippen molar-refractivity contribution in [1.29, 1.82) is 0 Å². The van der Waals surface area contributed by atoms with Crippen molar-refractivity contribution in [3.05, 3.63) is 93.4 Å². The lowest BCUT2D eigenvalue weighted by Crippen LogP contribution is -2.32. The number of hydrogen-bond donors (Lipinski definition) is 0. The number of benzene rings is 2. The molecule has 3 aromatic rings. The SMILES string of the molecule is Cc1ccc(CN(C(=O)/C=C/c2cscn2)C2CCc3ccccc32)cc1. The molecule has 0 bridgehead atoms. The van der Waals surface area contributed by atoms with Crippen molar-refractivity contribution in [2.45, 2.75) is 32.4 Å². The average Bonchev–Trinajstić information content (AvgIpc) is 3.35. The molecule has 1 amide bonds. The maximum atomic E-state index is 13.1. The first-order chi connectivity index (χ1) is 13.2. The summed E-state index contributed by atoms with van der Waals surface area (Å²) >= 11 is 1.53. The molecule has 27 heavy (non-hydrogen) atoms. The molecule has 4 rings (SSSR count). The molecule has 0 fully saturated rings. The fraction of sp³-hybridized carbons (Fsp3) is 0.217. The van der Waals surface area contributed by atoms with Gasteiger partial charge in [-0.25, -0.2) is 4.98 Å². The number of carbonyl (C=O) groups excluding carboxylic acids is 1. The molecule has 1 atom stereocenters. The van der Waals surface area contributed by atoms with E-state index in [0.717, 1.165) is 24.1 Å². The summed E-state index contributed by atoms with van der Waals surface area (Å²) < 4.78 is 0. The highest BCUT2D eigenvalue weighted by Crippen LogP contribution is 2.36. The summed E-state index contributed by atoms with van der Waals surface area (Å²) in [5.41, 5.74) is 7.62. The molecule has 1 aliphatic rings. The standard InChI is InChI=1S/C23H22N2OS/c1-17-6-8-18(9-7-17)14-25(23(26)13-11-20-15-27-16-24-20)22-12-10-19-4-2-3-5-21(19)22/h2-9,11,13,15-16,22H,10,12,14H2,1H3/b13-11+. The van der Waals surface area contributed by atoms with Crippen molar-refractivity contribution in [1.82, 2.24) is 9.88 Å². The Morgan fingerprint density at radius 3 is 2.81 bits per heavy atom. The van der Waals surface area contributed by atoms with E-state index in [1.807, 2.05) is 16.4 Å². The molecule has 0 radical (unpaired) electrons. The van der Waals surface area contributed by atoms with E-state index >= 15 is 0 Å². The minimum Gasteiger partial charge on any atom is -0.328 e. The molecule has 0 N–H and O–H groups in total. The molecule has 1 heterocycles. The van der Waals surface area contributed by atoms with Gasteiger partial charge in [-0.2, -0.15) is 0 Å². The Kier molecular flexibility index (Phi) is 5.16. The van der Waals surface area contributed by atoms with Crippen LogP contribution in [0.2, 0.25) is 0 Å². The van der Waals surface area contributed by atoms with Gasteiger partial charge < -0.3 is 4.90 Å². The molecular formula is C23H22N2OS. The zero-order valence-corrected chi connectivity index (χ0v) is 16.2. The highest BCUT2D eigenvalue weighted by Gasteiger charge is 2.30. The Labute approximate surface area is 164 Å². The molecule has 1 aliphatic carbocycles. The van der Waals surface area contributed by atoms with E-state index in [1.54, 1.807) is 11.6 Å². The van der Waals surface area contributed by atoms with Crippen molar-refractivity contribution in [2.24, 2.45) is 0 Å². The lowest BCUT2D eigenvalue weighted by molar-refractivity contribution is -0.129. The van der Waals surface area contributed by atoms with E-state index in [1.165, 1.54) is 28.0 Å². The van der Waals surface area contributed by atoms with Crippen LogP contribution in [-0.2, 0) is 17.8 Å². The average molecular weight is 375 g/mol. The molecule has 0 spiro atoms. The number of carbonyl (C=O) groups is 1. The Morgan fingerprint density at radius 2 is 2.04 bits per heavy atom. The Bertz CT molecular complexity index is 945. The number of aryl methyl sites for hydroxylation is 2. The second-order valence-electron chi connectivity index (χ2n) is 6.95. The summed E-state index contributed by atoms with van der Waals surface area (Å²) in [4.78, 5) is 19.4. The lowest BCUT2D eigenvalue weighted by Gasteiger charge is -2.29. The van der Waals surface area contributed by atoms with E-state index in [2.05, 4.69) is 60.4 Å². The van der Waals surface area contributed by atoms with Crippen molar-refractivity contribution in [2.75, 3.05) is 0 Å². The first-order valence-corrected chi connectivity index (χ1v) is 10.2. The van der Waals surface area contributed by atoms with Gasteiger partial charge in [-0.15, -0.1) is 11.3 Å². The van der Waals surface area contributed by atoms with Gasteiger partial charge in [0, 0.05) is 18.0 Å². The van der Waals surface area contributed by atoms with Crippen LogP contribution in [0.5, 0.6) is 0 Å². The summed E-state index contributed by atoms with van der Waals surface area (Å²) in [6.45, 7) is 2.69. The maximum Gasteiger partial charge on any atom is 0.247 e. The van der Waals surface area contributed by atoms with Gasteiger partial charge in [0.2, 0.25) is 5.91 Å². The summed E-state index contributed by atoms with van der Waals surface area (Å²) in [7, 11) is 0. The van der Waals surface area contributed by atoms with Gasteiger partial charge in [-0.05, 0) is 42.5 Å². The topological polar surface area (TPSA) is 33.2 Å². The minimum absolute atomic E-state index is 0.0327. The number of rotatable bonds is 5. The number of aromatic nitrogens is 1. The van der Waals surface area contributed by atoms with Gasteiger partial charge in [0.05, 0.1) is 17.2 Å². The smallest absolute Gasteiger partial charge is 0.247 e. The second-order valence-corrected chi connectivity index (χ2v) is 7.67. The quantitative estimate of drug-likeness (QED) is 0.577. The van der Waals surface area contributed by atoms with Crippen molar-refractivity contribution < 1.29 is 4.79 Å². The zero-order valence-electron chi connectivity index (χ0n) is 15.3. The first kappa shape index (κ1) is 17.7. The van der Waals surface area contributed by atoms with Crippen molar-refractivity contribution in [3.8, 4) is 0 Å². The predicted molar refractivity (Wildman–Crippen MR) is 110 cm³/mol. The van der Waals surface area contributed by atoms with Gasteiger partial charge in [-0.3, -0.25) is 4.79 Å². The normalized spacial score (nSPS) is 15.8. The van der Waals surface area contributed by atoms with Crippen LogP contribution in [0.3, 0.4) is 0 Å². The largest absolute Gasteiger partial charge is 0.328 e. The molecule has 0 saturated carbocycles. The highest BCUT2D eigenvalue weighted by molar-refractivity contribution is 7.07. The van der Waals surface area contributed by atoms with E-state index in [0.29, 0.717) is 6.54 Å². The van der Waals surface area contributed by atoms with Gasteiger partial charge >= 0.3 is 0 Å². The number of thiazole rings is 1. The lowest BCUT2D eigenvalue weighted by atomic mass is 10.1. The van der Waals surface area contributed by atoms with Crippen LogP contribution in [0.4, 0.5) is 0 Å². The van der Waals surface area contributed by atoms with Crippen LogP contribution in [0.1, 0.15) is 40.4 Å². The third-order valence-electron chi connectivity index (χ3n) is 5.08. The van der Waals surface area contributed by atoms with E-state index < -0.39 is 0 Å². The van der Waals surface area contributed by atoms with Crippen LogP contribution in [-0.4, -0.2) is 15.8 Å². The van der Waals surface area contributed by atoms with E-state index in [9.17, 15) is 4.79 Å². The molecule has 4 heteroatoms. The Balaban J connectivity index is 1.62. The summed E-state index contributed by atoms with van der Waals surface area (Å²) in [6.07, 6.45) is 5.46. The van der Waals surface area contributed by atoms with Crippen LogP contribution < -0.4 is 0 Å². The van der Waals surface area contributed by atoms with Gasteiger partial charge in [0.15, 0.2) is 0 Å². The summed E-state index contributed by atoms with van der Waals surface area (Å²) in [5.74, 6) is 0.0327. The first-order valence-electron chi connectivity index (χ1n) is 9.21. The monoisotopic (exact) mass is 374 g/mol. The van der Waals surface area contributed by atoms with Crippen molar-refractivity contribution in [3.63, 3.8) is 0 Å². The van der Waals surface area contributed by atoms with Crippen molar-refractivity contribution >= 4 is 23.3 Å². The fourth-order valence-electron chi connectivity index (χ4n) is 3.65. The Morgan fingerprint density at radius 1 is 1.22 bits per heavy atom. The molecule has 0 aliphatic heterocycles.